The first-order valence-corrected chi connectivity index (χ1v) is 4.64. The predicted molar refractivity (Wildman–Crippen MR) is 53.8 cm³/mol. The van der Waals surface area contributed by atoms with Gasteiger partial charge in [0, 0.05) is 6.20 Å². The molecule has 0 aliphatic carbocycles. The van der Waals surface area contributed by atoms with E-state index in [1.54, 1.807) is 37.7 Å². The van der Waals surface area contributed by atoms with Gasteiger partial charge in [0.2, 0.25) is 0 Å². The lowest BCUT2D eigenvalue weighted by atomic mass is 10.1. The Balaban J connectivity index is 2.40. The Kier molecular flexibility index (Phi) is 2.78. The van der Waals surface area contributed by atoms with Gasteiger partial charge in [0.25, 0.3) is 0 Å². The van der Waals surface area contributed by atoms with Crippen molar-refractivity contribution in [1.29, 1.82) is 0 Å². The summed E-state index contributed by atoms with van der Waals surface area (Å²) in [7, 11) is 1.74. The van der Waals surface area contributed by atoms with Crippen LogP contribution in [0.1, 0.15) is 17.5 Å². The first-order valence-electron chi connectivity index (χ1n) is 4.64. The van der Waals surface area contributed by atoms with Crippen molar-refractivity contribution in [3.63, 3.8) is 0 Å². The Hall–Kier alpha value is -1.68. The van der Waals surface area contributed by atoms with Gasteiger partial charge in [-0.2, -0.15) is 0 Å². The Morgan fingerprint density at radius 1 is 1.40 bits per heavy atom. The van der Waals surface area contributed by atoms with Crippen molar-refractivity contribution in [2.45, 2.75) is 6.04 Å². The van der Waals surface area contributed by atoms with Crippen LogP contribution in [0.3, 0.4) is 0 Å². The first-order chi connectivity index (χ1) is 7.33. The highest BCUT2D eigenvalue weighted by molar-refractivity contribution is 5.21. The van der Waals surface area contributed by atoms with Crippen LogP contribution in [-0.4, -0.2) is 12.0 Å². The molecule has 0 aliphatic heterocycles. The monoisotopic (exact) mass is 206 g/mol. The van der Waals surface area contributed by atoms with E-state index in [9.17, 15) is 4.39 Å². The fraction of sp³-hybridized carbons (Fsp3) is 0.182. The minimum absolute atomic E-state index is 0.340. The molecule has 0 saturated heterocycles. The molecule has 0 bridgehead atoms. The molecule has 0 amide bonds. The molecule has 0 saturated carbocycles. The second-order valence-electron chi connectivity index (χ2n) is 3.11. The smallest absolute Gasteiger partial charge is 0.146 e. The molecule has 0 aliphatic rings. The van der Waals surface area contributed by atoms with Crippen LogP contribution in [0.25, 0.3) is 0 Å². The number of rotatable bonds is 3. The maximum atomic E-state index is 13.5. The van der Waals surface area contributed by atoms with Crippen molar-refractivity contribution in [1.82, 2.24) is 10.3 Å². The standard InChI is InChI=1S/C11H11FN2O/c1-13-11(9-5-3-7-15-9)10-8(12)4-2-6-14-10/h2-7,11,13H,1H3. The number of furan rings is 1. The fourth-order valence-electron chi connectivity index (χ4n) is 1.48. The largest absolute Gasteiger partial charge is 0.467 e. The van der Waals surface area contributed by atoms with E-state index < -0.39 is 0 Å². The molecule has 2 heterocycles. The minimum atomic E-state index is -0.346. The summed E-state index contributed by atoms with van der Waals surface area (Å²) in [5.74, 6) is 0.309. The SMILES string of the molecule is CNC(c1ccco1)c1ncccc1F. The zero-order valence-electron chi connectivity index (χ0n) is 8.27. The third-order valence-corrected chi connectivity index (χ3v) is 2.18. The van der Waals surface area contributed by atoms with Crippen molar-refractivity contribution in [2.75, 3.05) is 7.05 Å². The third-order valence-electron chi connectivity index (χ3n) is 2.18. The molecule has 0 aromatic carbocycles. The van der Waals surface area contributed by atoms with Gasteiger partial charge in [0.15, 0.2) is 0 Å². The lowest BCUT2D eigenvalue weighted by molar-refractivity contribution is 0.446. The molecular formula is C11H11FN2O. The van der Waals surface area contributed by atoms with Crippen molar-refractivity contribution in [3.8, 4) is 0 Å². The second-order valence-corrected chi connectivity index (χ2v) is 3.11. The van der Waals surface area contributed by atoms with Crippen LogP contribution in [0.5, 0.6) is 0 Å². The Morgan fingerprint density at radius 2 is 2.27 bits per heavy atom. The van der Waals surface area contributed by atoms with Gasteiger partial charge in [0.1, 0.15) is 23.3 Å². The topological polar surface area (TPSA) is 38.1 Å². The molecule has 2 rings (SSSR count). The van der Waals surface area contributed by atoms with Gasteiger partial charge in [-0.05, 0) is 31.3 Å². The lowest BCUT2D eigenvalue weighted by Gasteiger charge is -2.13. The molecular weight excluding hydrogens is 195 g/mol. The van der Waals surface area contributed by atoms with Crippen LogP contribution in [0.4, 0.5) is 4.39 Å². The van der Waals surface area contributed by atoms with Gasteiger partial charge >= 0.3 is 0 Å². The first kappa shape index (κ1) is 9.86. The zero-order chi connectivity index (χ0) is 10.7. The molecule has 3 nitrogen and oxygen atoms in total. The summed E-state index contributed by atoms with van der Waals surface area (Å²) in [5, 5.41) is 2.97. The van der Waals surface area contributed by atoms with Gasteiger partial charge < -0.3 is 9.73 Å². The van der Waals surface area contributed by atoms with Gasteiger partial charge in [-0.25, -0.2) is 4.39 Å². The summed E-state index contributed by atoms with van der Waals surface area (Å²) in [6, 6.07) is 6.15. The Morgan fingerprint density at radius 3 is 2.87 bits per heavy atom. The third kappa shape index (κ3) is 1.89. The highest BCUT2D eigenvalue weighted by Gasteiger charge is 2.19. The van der Waals surface area contributed by atoms with Crippen LogP contribution in [0.2, 0.25) is 0 Å². The normalized spacial score (nSPS) is 12.7. The highest BCUT2D eigenvalue weighted by atomic mass is 19.1. The van der Waals surface area contributed by atoms with Gasteiger partial charge in [0.05, 0.1) is 6.26 Å². The maximum absolute atomic E-state index is 13.5. The van der Waals surface area contributed by atoms with E-state index >= 15 is 0 Å². The summed E-state index contributed by atoms with van der Waals surface area (Å²) < 4.78 is 18.7. The van der Waals surface area contributed by atoms with Crippen LogP contribution < -0.4 is 5.32 Å². The van der Waals surface area contributed by atoms with Crippen LogP contribution in [0, 0.1) is 5.82 Å². The quantitative estimate of drug-likeness (QED) is 0.835. The number of pyridine rings is 1. The number of hydrogen-bond acceptors (Lipinski definition) is 3. The van der Waals surface area contributed by atoms with E-state index in [-0.39, 0.29) is 11.9 Å². The zero-order valence-corrected chi connectivity index (χ0v) is 8.27. The van der Waals surface area contributed by atoms with E-state index in [2.05, 4.69) is 10.3 Å². The molecule has 0 radical (unpaired) electrons. The minimum Gasteiger partial charge on any atom is -0.467 e. The van der Waals surface area contributed by atoms with Gasteiger partial charge in [-0.1, -0.05) is 0 Å². The molecule has 4 heteroatoms. The average molecular weight is 206 g/mol. The molecule has 78 valence electrons. The number of nitrogens with one attached hydrogen (secondary N) is 1. The fourth-order valence-corrected chi connectivity index (χ4v) is 1.48. The van der Waals surface area contributed by atoms with Crippen LogP contribution in [-0.2, 0) is 0 Å². The Bertz CT molecular complexity index is 428. The van der Waals surface area contributed by atoms with Crippen molar-refractivity contribution in [2.24, 2.45) is 0 Å². The van der Waals surface area contributed by atoms with E-state index in [0.29, 0.717) is 11.5 Å². The Labute approximate surface area is 86.9 Å². The van der Waals surface area contributed by atoms with E-state index in [0.717, 1.165) is 0 Å². The molecule has 2 aromatic rings. The molecule has 1 atom stereocenters. The summed E-state index contributed by atoms with van der Waals surface area (Å²) >= 11 is 0. The average Bonchev–Trinajstić information content (AvgIpc) is 2.75. The predicted octanol–water partition coefficient (Wildman–Crippen LogP) is 2.12. The maximum Gasteiger partial charge on any atom is 0.146 e. The highest BCUT2D eigenvalue weighted by Crippen LogP contribution is 2.22. The van der Waals surface area contributed by atoms with Crippen LogP contribution >= 0.6 is 0 Å². The van der Waals surface area contributed by atoms with E-state index in [1.165, 1.54) is 6.07 Å². The number of halogens is 1. The number of aromatic nitrogens is 1. The van der Waals surface area contributed by atoms with Crippen molar-refractivity contribution < 1.29 is 8.81 Å². The molecule has 0 fully saturated rings. The second kappa shape index (κ2) is 4.23. The van der Waals surface area contributed by atoms with Crippen LogP contribution in [0.15, 0.2) is 41.1 Å². The molecule has 2 aromatic heterocycles. The van der Waals surface area contributed by atoms with Gasteiger partial charge in [-0.15, -0.1) is 0 Å². The molecule has 1 N–H and O–H groups in total. The summed E-state index contributed by atoms with van der Waals surface area (Å²) in [4.78, 5) is 4.01. The van der Waals surface area contributed by atoms with Crippen molar-refractivity contribution >= 4 is 0 Å². The summed E-state index contributed by atoms with van der Waals surface area (Å²) in [6.07, 6.45) is 3.12. The molecule has 1 unspecified atom stereocenters. The van der Waals surface area contributed by atoms with Crippen molar-refractivity contribution in [3.05, 3.63) is 54.0 Å². The number of nitrogens with zero attached hydrogens (tertiary/aromatic N) is 1. The lowest BCUT2D eigenvalue weighted by Crippen LogP contribution is -2.19. The van der Waals surface area contributed by atoms with Gasteiger partial charge in [-0.3, -0.25) is 4.98 Å². The summed E-state index contributed by atoms with van der Waals surface area (Å²) in [5.41, 5.74) is 0.343. The van der Waals surface area contributed by atoms with E-state index in [1.807, 2.05) is 0 Å². The van der Waals surface area contributed by atoms with E-state index in [4.69, 9.17) is 4.42 Å². The molecule has 0 spiro atoms. The molecule has 15 heavy (non-hydrogen) atoms. The number of hydrogen-bond donors (Lipinski definition) is 1. The summed E-state index contributed by atoms with van der Waals surface area (Å²) in [6.45, 7) is 0.